The van der Waals surface area contributed by atoms with Crippen molar-refractivity contribution in [3.8, 4) is 23.1 Å². The molecule has 0 atom stereocenters. The number of pyridine rings is 1. The third-order valence-electron chi connectivity index (χ3n) is 6.16. The Morgan fingerprint density at radius 1 is 1.08 bits per heavy atom. The first-order valence-electron chi connectivity index (χ1n) is 12.3. The van der Waals surface area contributed by atoms with E-state index in [1.165, 1.54) is 21.3 Å². The van der Waals surface area contributed by atoms with Crippen LogP contribution in [0, 0.1) is 0 Å². The molecular formula is C23H33N7O5S. The normalized spacial score (nSPS) is 15.4. The number of hydrogen-bond donors (Lipinski definition) is 1. The molecule has 3 aromatic rings. The molecule has 0 spiro atoms. The van der Waals surface area contributed by atoms with E-state index in [1.54, 1.807) is 7.05 Å². The van der Waals surface area contributed by atoms with E-state index in [1.807, 2.05) is 13.8 Å². The maximum Gasteiger partial charge on any atom is 0.279 e. The van der Waals surface area contributed by atoms with Crippen LogP contribution in [0.15, 0.2) is 22.0 Å². The topological polar surface area (TPSA) is 136 Å². The molecule has 0 bridgehead atoms. The van der Waals surface area contributed by atoms with Crippen molar-refractivity contribution in [3.05, 3.63) is 22.6 Å². The quantitative estimate of drug-likeness (QED) is 0.396. The number of nitrogens with one attached hydrogen (secondary N) is 1. The van der Waals surface area contributed by atoms with Gasteiger partial charge in [-0.15, -0.1) is 0 Å². The van der Waals surface area contributed by atoms with E-state index < -0.39 is 15.6 Å². The Morgan fingerprint density at radius 2 is 1.83 bits per heavy atom. The van der Waals surface area contributed by atoms with E-state index in [0.717, 1.165) is 19.4 Å². The zero-order valence-corrected chi connectivity index (χ0v) is 22.0. The molecular weight excluding hydrogens is 486 g/mol. The van der Waals surface area contributed by atoms with Crippen molar-refractivity contribution < 1.29 is 17.9 Å². The van der Waals surface area contributed by atoms with E-state index in [2.05, 4.69) is 31.9 Å². The van der Waals surface area contributed by atoms with Crippen LogP contribution in [0.2, 0.25) is 0 Å². The minimum Gasteiger partial charge on any atom is -0.477 e. The number of aromatic nitrogens is 5. The highest BCUT2D eigenvalue weighted by Crippen LogP contribution is 2.31. The van der Waals surface area contributed by atoms with E-state index in [4.69, 9.17) is 9.47 Å². The van der Waals surface area contributed by atoms with Crippen molar-refractivity contribution in [2.75, 3.05) is 45.9 Å². The van der Waals surface area contributed by atoms with Gasteiger partial charge in [-0.1, -0.05) is 20.3 Å². The molecule has 1 fully saturated rings. The maximum absolute atomic E-state index is 13.5. The number of likely N-dealkylation sites (N-methyl/N-ethyl adjacent to an activating group) is 1. The fraction of sp³-hybridized carbons (Fsp3) is 0.565. The second-order valence-electron chi connectivity index (χ2n) is 8.54. The van der Waals surface area contributed by atoms with Crippen LogP contribution < -0.4 is 15.0 Å². The number of ether oxygens (including phenoxy) is 2. The third-order valence-corrected chi connectivity index (χ3v) is 8.02. The molecule has 3 aromatic heterocycles. The first-order chi connectivity index (χ1) is 17.3. The lowest BCUT2D eigenvalue weighted by Crippen LogP contribution is -2.48. The molecule has 0 radical (unpaired) electrons. The van der Waals surface area contributed by atoms with E-state index >= 15 is 0 Å². The minimum atomic E-state index is -3.80. The lowest BCUT2D eigenvalue weighted by atomic mass is 10.2. The van der Waals surface area contributed by atoms with Crippen molar-refractivity contribution in [2.45, 2.75) is 38.5 Å². The van der Waals surface area contributed by atoms with Gasteiger partial charge in [-0.25, -0.2) is 23.1 Å². The number of hydrogen-bond acceptors (Lipinski definition) is 9. The molecule has 1 aliphatic heterocycles. The van der Waals surface area contributed by atoms with Crippen LogP contribution in [0.3, 0.4) is 0 Å². The summed E-state index contributed by atoms with van der Waals surface area (Å²) in [5.41, 5.74) is 0.218. The maximum atomic E-state index is 13.5. The van der Waals surface area contributed by atoms with Crippen molar-refractivity contribution in [3.63, 3.8) is 0 Å². The Bertz CT molecular complexity index is 1380. The molecule has 0 aromatic carbocycles. The number of unbranched alkanes of at least 4 members (excludes halogenated alkanes) is 1. The molecule has 4 heterocycles. The van der Waals surface area contributed by atoms with E-state index in [9.17, 15) is 13.2 Å². The second kappa shape index (κ2) is 10.9. The van der Waals surface area contributed by atoms with Crippen LogP contribution in [0.5, 0.6) is 11.8 Å². The summed E-state index contributed by atoms with van der Waals surface area (Å²) in [5, 5.41) is 4.21. The van der Waals surface area contributed by atoms with Gasteiger partial charge < -0.3 is 19.4 Å². The molecule has 4 rings (SSSR count). The molecule has 36 heavy (non-hydrogen) atoms. The number of H-pyrrole nitrogens is 1. The third kappa shape index (κ3) is 5.08. The van der Waals surface area contributed by atoms with Crippen molar-refractivity contribution in [1.82, 2.24) is 33.9 Å². The second-order valence-corrected chi connectivity index (χ2v) is 10.5. The van der Waals surface area contributed by atoms with Gasteiger partial charge in [0.05, 0.1) is 25.0 Å². The number of rotatable bonds is 10. The molecule has 0 unspecified atom stereocenters. The number of fused-ring (bicyclic) bond motifs is 1. The molecule has 0 amide bonds. The van der Waals surface area contributed by atoms with Crippen molar-refractivity contribution >= 4 is 21.1 Å². The predicted molar refractivity (Wildman–Crippen MR) is 135 cm³/mol. The molecule has 13 heteroatoms. The Labute approximate surface area is 210 Å². The molecule has 1 aliphatic rings. The minimum absolute atomic E-state index is 0.0178. The monoisotopic (exact) mass is 519 g/mol. The van der Waals surface area contributed by atoms with Gasteiger partial charge in [-0.3, -0.25) is 4.79 Å². The van der Waals surface area contributed by atoms with E-state index in [-0.39, 0.29) is 33.2 Å². The van der Waals surface area contributed by atoms with Crippen LogP contribution in [0.4, 0.5) is 0 Å². The zero-order valence-electron chi connectivity index (χ0n) is 21.2. The summed E-state index contributed by atoms with van der Waals surface area (Å²) in [6, 6.07) is 1.47. The number of sulfonamides is 1. The Morgan fingerprint density at radius 3 is 2.50 bits per heavy atom. The Balaban J connectivity index is 1.80. The van der Waals surface area contributed by atoms with Crippen molar-refractivity contribution in [1.29, 1.82) is 0 Å². The summed E-state index contributed by atoms with van der Waals surface area (Å²) in [7, 11) is -2.14. The van der Waals surface area contributed by atoms with Crippen LogP contribution in [-0.2, 0) is 17.1 Å². The lowest BCUT2D eigenvalue weighted by Gasteiger charge is -2.33. The van der Waals surface area contributed by atoms with E-state index in [0.29, 0.717) is 45.3 Å². The van der Waals surface area contributed by atoms with Gasteiger partial charge in [0, 0.05) is 33.2 Å². The van der Waals surface area contributed by atoms with Gasteiger partial charge in [0.2, 0.25) is 21.8 Å². The SMILES string of the molecule is CCCCOc1ncc(S(=O)(=O)N2CCN(CC)CC2)cc1-c1nc2c(OCC)n(C)nc2c(=O)[nH]1. The highest BCUT2D eigenvalue weighted by molar-refractivity contribution is 7.89. The summed E-state index contributed by atoms with van der Waals surface area (Å²) in [6.45, 7) is 9.69. The van der Waals surface area contributed by atoms with Crippen LogP contribution >= 0.6 is 0 Å². The standard InChI is InChI=1S/C23H33N7O5S/c1-5-8-13-35-22-17(20-25-19-18(21(31)26-20)27-28(4)23(19)34-7-3)14-16(15-24-22)36(32,33)30-11-9-29(6-2)10-12-30/h14-15H,5-13H2,1-4H3,(H,25,26,31). The van der Waals surface area contributed by atoms with Gasteiger partial charge in [-0.2, -0.15) is 9.40 Å². The first kappa shape index (κ1) is 26.0. The van der Waals surface area contributed by atoms with Gasteiger partial charge in [-0.05, 0) is 26.0 Å². The first-order valence-corrected chi connectivity index (χ1v) is 13.7. The van der Waals surface area contributed by atoms with Gasteiger partial charge in [0.25, 0.3) is 5.56 Å². The molecule has 196 valence electrons. The number of piperazine rings is 1. The lowest BCUT2D eigenvalue weighted by molar-refractivity contribution is 0.196. The number of nitrogens with zero attached hydrogens (tertiary/aromatic N) is 6. The fourth-order valence-electron chi connectivity index (χ4n) is 4.09. The highest BCUT2D eigenvalue weighted by Gasteiger charge is 2.30. The predicted octanol–water partition coefficient (Wildman–Crippen LogP) is 1.62. The molecule has 1 N–H and O–H groups in total. The highest BCUT2D eigenvalue weighted by atomic mass is 32.2. The molecule has 0 saturated carbocycles. The van der Waals surface area contributed by atoms with Gasteiger partial charge >= 0.3 is 0 Å². The summed E-state index contributed by atoms with van der Waals surface area (Å²) < 4.78 is 41.4. The fourth-order valence-corrected chi connectivity index (χ4v) is 5.49. The van der Waals surface area contributed by atoms with Crippen LogP contribution in [-0.4, -0.2) is 88.3 Å². The smallest absolute Gasteiger partial charge is 0.279 e. The largest absolute Gasteiger partial charge is 0.477 e. The number of aromatic amines is 1. The Kier molecular flexibility index (Phi) is 7.91. The van der Waals surface area contributed by atoms with Gasteiger partial charge in [0.15, 0.2) is 11.0 Å². The summed E-state index contributed by atoms with van der Waals surface area (Å²) >= 11 is 0. The summed E-state index contributed by atoms with van der Waals surface area (Å²) in [4.78, 5) is 26.8. The van der Waals surface area contributed by atoms with Crippen LogP contribution in [0.1, 0.15) is 33.6 Å². The Hall–Kier alpha value is -3.03. The number of aryl methyl sites for hydroxylation is 1. The molecule has 0 aliphatic carbocycles. The van der Waals surface area contributed by atoms with Crippen LogP contribution in [0.25, 0.3) is 22.4 Å². The molecule has 1 saturated heterocycles. The summed E-state index contributed by atoms with van der Waals surface area (Å²) in [5.74, 6) is 0.676. The van der Waals surface area contributed by atoms with Crippen molar-refractivity contribution in [2.24, 2.45) is 7.05 Å². The van der Waals surface area contributed by atoms with Gasteiger partial charge in [0.1, 0.15) is 10.7 Å². The average molecular weight is 520 g/mol. The average Bonchev–Trinajstić information content (AvgIpc) is 3.20. The molecule has 12 nitrogen and oxygen atoms in total. The zero-order chi connectivity index (χ0) is 25.9. The summed E-state index contributed by atoms with van der Waals surface area (Å²) in [6.07, 6.45) is 3.02.